The van der Waals surface area contributed by atoms with Crippen molar-refractivity contribution < 1.29 is 8.42 Å². The summed E-state index contributed by atoms with van der Waals surface area (Å²) in [6.07, 6.45) is 2.45. The van der Waals surface area contributed by atoms with Crippen molar-refractivity contribution in [2.45, 2.75) is 66.0 Å². The summed E-state index contributed by atoms with van der Waals surface area (Å²) in [7, 11) is -3.12. The van der Waals surface area contributed by atoms with Gasteiger partial charge in [-0.15, -0.1) is 0 Å². The minimum absolute atomic E-state index is 0.0591. The molecule has 0 aliphatic carbocycles. The maximum atomic E-state index is 11.9. The average molecular weight is 278 g/mol. The molecule has 4 nitrogen and oxygen atoms in total. The van der Waals surface area contributed by atoms with Crippen LogP contribution in [0.15, 0.2) is 0 Å². The molecule has 0 aromatic carbocycles. The second kappa shape index (κ2) is 8.88. The van der Waals surface area contributed by atoms with Gasteiger partial charge in [0.1, 0.15) is 0 Å². The zero-order valence-electron chi connectivity index (χ0n) is 12.5. The van der Waals surface area contributed by atoms with Gasteiger partial charge in [0.05, 0.1) is 5.75 Å². The quantitative estimate of drug-likeness (QED) is 0.602. The zero-order chi connectivity index (χ0) is 14.2. The Hall–Kier alpha value is -0.130. The van der Waals surface area contributed by atoms with Gasteiger partial charge >= 0.3 is 0 Å². The molecule has 18 heavy (non-hydrogen) atoms. The molecule has 0 saturated carbocycles. The lowest BCUT2D eigenvalue weighted by molar-refractivity contribution is 0.436. The van der Waals surface area contributed by atoms with E-state index in [0.717, 1.165) is 19.4 Å². The van der Waals surface area contributed by atoms with Crippen LogP contribution in [0.5, 0.6) is 0 Å². The monoisotopic (exact) mass is 278 g/mol. The van der Waals surface area contributed by atoms with Crippen molar-refractivity contribution in [2.24, 2.45) is 5.92 Å². The summed E-state index contributed by atoms with van der Waals surface area (Å²) in [4.78, 5) is 0. The van der Waals surface area contributed by atoms with Crippen LogP contribution in [-0.2, 0) is 10.0 Å². The van der Waals surface area contributed by atoms with E-state index in [1.54, 1.807) is 0 Å². The van der Waals surface area contributed by atoms with Crippen LogP contribution in [0.4, 0.5) is 0 Å². The number of rotatable bonds is 10. The van der Waals surface area contributed by atoms with Crippen molar-refractivity contribution in [3.8, 4) is 0 Å². The molecule has 0 aliphatic heterocycles. The smallest absolute Gasteiger partial charge is 0.211 e. The topological polar surface area (TPSA) is 58.2 Å². The van der Waals surface area contributed by atoms with Crippen molar-refractivity contribution in [1.29, 1.82) is 0 Å². The SMILES string of the molecule is CCC(NS(=O)(=O)CCCCNC(C)C)C(C)C. The fourth-order valence-corrected chi connectivity index (χ4v) is 3.39. The van der Waals surface area contributed by atoms with Gasteiger partial charge in [0.2, 0.25) is 10.0 Å². The second-order valence-electron chi connectivity index (χ2n) is 5.51. The lowest BCUT2D eigenvalue weighted by atomic mass is 10.0. The minimum atomic E-state index is -3.12. The molecule has 110 valence electrons. The van der Waals surface area contributed by atoms with Gasteiger partial charge in [-0.3, -0.25) is 0 Å². The molecule has 1 atom stereocenters. The third kappa shape index (κ3) is 8.89. The summed E-state index contributed by atoms with van der Waals surface area (Å²) in [5, 5.41) is 3.29. The van der Waals surface area contributed by atoms with Crippen LogP contribution in [0, 0.1) is 5.92 Å². The van der Waals surface area contributed by atoms with Gasteiger partial charge in [-0.25, -0.2) is 13.1 Å². The van der Waals surface area contributed by atoms with E-state index >= 15 is 0 Å². The van der Waals surface area contributed by atoms with E-state index in [1.807, 2.05) is 20.8 Å². The Labute approximate surface area is 113 Å². The van der Waals surface area contributed by atoms with E-state index in [0.29, 0.717) is 18.4 Å². The Kier molecular flexibility index (Phi) is 8.82. The van der Waals surface area contributed by atoms with E-state index in [2.05, 4.69) is 23.9 Å². The second-order valence-corrected chi connectivity index (χ2v) is 7.38. The van der Waals surface area contributed by atoms with Crippen LogP contribution in [0.25, 0.3) is 0 Å². The fourth-order valence-electron chi connectivity index (χ4n) is 1.79. The summed E-state index contributed by atoms with van der Waals surface area (Å²) in [5.74, 6) is 0.572. The normalized spacial score (nSPS) is 14.4. The van der Waals surface area contributed by atoms with Crippen LogP contribution >= 0.6 is 0 Å². The summed E-state index contributed by atoms with van der Waals surface area (Å²) in [6, 6.07) is 0.522. The molecule has 0 spiro atoms. The molecular formula is C13H30N2O2S. The van der Waals surface area contributed by atoms with Gasteiger partial charge in [-0.1, -0.05) is 34.6 Å². The number of hydrogen-bond donors (Lipinski definition) is 2. The fraction of sp³-hybridized carbons (Fsp3) is 1.00. The first kappa shape index (κ1) is 17.9. The summed E-state index contributed by atoms with van der Waals surface area (Å²) >= 11 is 0. The van der Waals surface area contributed by atoms with Crippen molar-refractivity contribution >= 4 is 10.0 Å². The maximum Gasteiger partial charge on any atom is 0.211 e. The summed E-state index contributed by atoms with van der Waals surface area (Å²) < 4.78 is 26.5. The lowest BCUT2D eigenvalue weighted by Crippen LogP contribution is -2.39. The molecule has 0 aromatic heterocycles. The molecule has 0 fully saturated rings. The lowest BCUT2D eigenvalue weighted by Gasteiger charge is -2.20. The van der Waals surface area contributed by atoms with E-state index in [4.69, 9.17) is 0 Å². The van der Waals surface area contributed by atoms with Gasteiger partial charge in [0.25, 0.3) is 0 Å². The number of nitrogens with one attached hydrogen (secondary N) is 2. The van der Waals surface area contributed by atoms with Crippen molar-refractivity contribution in [2.75, 3.05) is 12.3 Å². The van der Waals surface area contributed by atoms with Crippen molar-refractivity contribution in [1.82, 2.24) is 10.0 Å². The minimum Gasteiger partial charge on any atom is -0.315 e. The molecule has 0 bridgehead atoms. The number of sulfonamides is 1. The highest BCUT2D eigenvalue weighted by molar-refractivity contribution is 7.89. The average Bonchev–Trinajstić information content (AvgIpc) is 2.24. The molecular weight excluding hydrogens is 248 g/mol. The standard InChI is InChI=1S/C13H30N2O2S/c1-6-13(11(2)3)15-18(16,17)10-8-7-9-14-12(4)5/h11-15H,6-10H2,1-5H3. The first-order chi connectivity index (χ1) is 8.28. The maximum absolute atomic E-state index is 11.9. The predicted molar refractivity (Wildman–Crippen MR) is 78.2 cm³/mol. The molecule has 5 heteroatoms. The highest BCUT2D eigenvalue weighted by atomic mass is 32.2. The van der Waals surface area contributed by atoms with E-state index in [9.17, 15) is 8.42 Å². The van der Waals surface area contributed by atoms with Crippen LogP contribution in [0.1, 0.15) is 53.9 Å². The van der Waals surface area contributed by atoms with Gasteiger partial charge in [-0.05, 0) is 31.7 Å². The van der Waals surface area contributed by atoms with Gasteiger partial charge in [-0.2, -0.15) is 0 Å². The molecule has 0 heterocycles. The highest BCUT2D eigenvalue weighted by Crippen LogP contribution is 2.07. The van der Waals surface area contributed by atoms with E-state index in [-0.39, 0.29) is 11.8 Å². The van der Waals surface area contributed by atoms with E-state index < -0.39 is 10.0 Å². The number of unbranched alkanes of at least 4 members (excludes halogenated alkanes) is 1. The molecule has 2 N–H and O–H groups in total. The van der Waals surface area contributed by atoms with Gasteiger partial charge in [0.15, 0.2) is 0 Å². The first-order valence-corrected chi connectivity index (χ1v) is 8.67. The van der Waals surface area contributed by atoms with Crippen LogP contribution in [0.3, 0.4) is 0 Å². The van der Waals surface area contributed by atoms with Crippen LogP contribution < -0.4 is 10.0 Å². The van der Waals surface area contributed by atoms with Crippen molar-refractivity contribution in [3.63, 3.8) is 0 Å². The molecule has 0 aliphatic rings. The van der Waals surface area contributed by atoms with Crippen molar-refractivity contribution in [3.05, 3.63) is 0 Å². The Morgan fingerprint density at radius 3 is 2.11 bits per heavy atom. The van der Waals surface area contributed by atoms with Crippen LogP contribution in [-0.4, -0.2) is 32.8 Å². The Morgan fingerprint density at radius 1 is 1.06 bits per heavy atom. The largest absolute Gasteiger partial charge is 0.315 e. The summed E-state index contributed by atoms with van der Waals surface area (Å²) in [5.41, 5.74) is 0. The third-order valence-corrected chi connectivity index (χ3v) is 4.46. The van der Waals surface area contributed by atoms with Crippen LogP contribution in [0.2, 0.25) is 0 Å². The molecule has 0 amide bonds. The van der Waals surface area contributed by atoms with Gasteiger partial charge in [0, 0.05) is 12.1 Å². The molecule has 0 saturated heterocycles. The predicted octanol–water partition coefficient (Wildman–Crippen LogP) is 2.12. The Morgan fingerprint density at radius 2 is 1.67 bits per heavy atom. The molecule has 1 unspecified atom stereocenters. The Bertz CT molecular complexity index is 300. The molecule has 0 aromatic rings. The van der Waals surface area contributed by atoms with E-state index in [1.165, 1.54) is 0 Å². The Balaban J connectivity index is 3.93. The number of hydrogen-bond acceptors (Lipinski definition) is 3. The third-order valence-electron chi connectivity index (χ3n) is 2.97. The highest BCUT2D eigenvalue weighted by Gasteiger charge is 2.18. The first-order valence-electron chi connectivity index (χ1n) is 7.02. The zero-order valence-corrected chi connectivity index (χ0v) is 13.3. The molecule has 0 rings (SSSR count). The summed E-state index contributed by atoms with van der Waals surface area (Å²) in [6.45, 7) is 11.2. The molecule has 0 radical (unpaired) electrons. The van der Waals surface area contributed by atoms with Gasteiger partial charge < -0.3 is 5.32 Å².